The van der Waals surface area contributed by atoms with E-state index < -0.39 is 0 Å². The molecule has 2 aromatic heterocycles. The Labute approximate surface area is 113 Å². The predicted molar refractivity (Wildman–Crippen MR) is 72.5 cm³/mol. The number of thiophene rings is 1. The summed E-state index contributed by atoms with van der Waals surface area (Å²) < 4.78 is 5.80. The number of carbonyl (C=O) groups excluding carboxylic acids is 1. The molecule has 0 aromatic carbocycles. The number of H-pyrrole nitrogens is 1. The number of aromatic nitrogens is 2. The van der Waals surface area contributed by atoms with Crippen LogP contribution in [0, 0.1) is 4.64 Å². The van der Waals surface area contributed by atoms with Gasteiger partial charge in [-0.2, -0.15) is 0 Å². The van der Waals surface area contributed by atoms with Crippen LogP contribution in [0.3, 0.4) is 0 Å². The van der Waals surface area contributed by atoms with Crippen molar-refractivity contribution in [3.8, 4) is 0 Å². The zero-order valence-electron chi connectivity index (χ0n) is 9.86. The molecule has 1 N–H and O–H groups in total. The number of nitrogens with one attached hydrogen (secondary N) is 1. The molecule has 0 saturated heterocycles. The molecule has 2 aromatic rings. The maximum absolute atomic E-state index is 12.0. The first-order valence-corrected chi connectivity index (χ1v) is 7.10. The summed E-state index contributed by atoms with van der Waals surface area (Å²) in [5.41, 5.74) is 1.04. The average molecular weight is 280 g/mol. The summed E-state index contributed by atoms with van der Waals surface area (Å²) in [5, 5.41) is 0.933. The van der Waals surface area contributed by atoms with Gasteiger partial charge in [-0.05, 0) is 25.3 Å². The molecule has 1 aliphatic carbocycles. The van der Waals surface area contributed by atoms with Crippen LogP contribution in [0.15, 0.2) is 6.33 Å². The van der Waals surface area contributed by atoms with Crippen molar-refractivity contribution in [3.63, 3.8) is 0 Å². The number of ether oxygens (including phenoxy) is 1. The van der Waals surface area contributed by atoms with Gasteiger partial charge in [-0.3, -0.25) is 4.79 Å². The Hall–Kier alpha value is -1.27. The van der Waals surface area contributed by atoms with E-state index in [0.717, 1.165) is 28.6 Å². The molecule has 0 amide bonds. The molecule has 0 fully saturated rings. The first kappa shape index (κ1) is 11.8. The average Bonchev–Trinajstić information content (AvgIpc) is 2.87. The van der Waals surface area contributed by atoms with E-state index in [1.165, 1.54) is 4.88 Å². The maximum Gasteiger partial charge on any atom is 0.313 e. The van der Waals surface area contributed by atoms with E-state index in [-0.39, 0.29) is 11.9 Å². The molecular formula is C12H12N2O2S2. The maximum atomic E-state index is 12.0. The van der Waals surface area contributed by atoms with Crippen molar-refractivity contribution in [1.82, 2.24) is 9.97 Å². The highest BCUT2D eigenvalue weighted by atomic mass is 32.1. The summed E-state index contributed by atoms with van der Waals surface area (Å²) in [5.74, 6) is -0.317. The third-order valence-corrected chi connectivity index (χ3v) is 4.68. The highest BCUT2D eigenvalue weighted by molar-refractivity contribution is 7.71. The smallest absolute Gasteiger partial charge is 0.313 e. The topological polar surface area (TPSA) is 55.0 Å². The highest BCUT2D eigenvalue weighted by Gasteiger charge is 2.34. The van der Waals surface area contributed by atoms with E-state index in [9.17, 15) is 4.79 Å². The van der Waals surface area contributed by atoms with Crippen molar-refractivity contribution in [2.24, 2.45) is 0 Å². The predicted octanol–water partition coefficient (Wildman–Crippen LogP) is 2.95. The molecule has 6 heteroatoms. The molecule has 0 bridgehead atoms. The van der Waals surface area contributed by atoms with Crippen LogP contribution in [0.1, 0.15) is 29.7 Å². The lowest BCUT2D eigenvalue weighted by Crippen LogP contribution is -2.13. The minimum absolute atomic E-state index is 0.144. The van der Waals surface area contributed by atoms with Crippen molar-refractivity contribution in [3.05, 3.63) is 21.4 Å². The molecule has 2 heterocycles. The summed E-state index contributed by atoms with van der Waals surface area (Å²) in [7, 11) is 0. The molecular weight excluding hydrogens is 268 g/mol. The van der Waals surface area contributed by atoms with Crippen LogP contribution < -0.4 is 0 Å². The Morgan fingerprint density at radius 1 is 1.72 bits per heavy atom. The molecule has 0 unspecified atom stereocenters. The zero-order chi connectivity index (χ0) is 12.7. The van der Waals surface area contributed by atoms with Crippen LogP contribution in [0.4, 0.5) is 0 Å². The Balaban J connectivity index is 2.17. The fraction of sp³-hybridized carbons (Fsp3) is 0.417. The lowest BCUT2D eigenvalue weighted by molar-refractivity contribution is -0.144. The molecule has 0 aliphatic heterocycles. The quantitative estimate of drug-likeness (QED) is 0.679. The van der Waals surface area contributed by atoms with Crippen LogP contribution in [-0.2, 0) is 16.0 Å². The normalized spacial score (nSPS) is 17.9. The van der Waals surface area contributed by atoms with Gasteiger partial charge < -0.3 is 9.72 Å². The summed E-state index contributed by atoms with van der Waals surface area (Å²) >= 11 is 6.95. The van der Waals surface area contributed by atoms with E-state index in [1.54, 1.807) is 17.7 Å². The molecule has 3 rings (SSSR count). The lowest BCUT2D eigenvalue weighted by Gasteiger charge is -2.09. The zero-order valence-corrected chi connectivity index (χ0v) is 11.5. The molecule has 0 radical (unpaired) electrons. The second-order valence-corrected chi connectivity index (χ2v) is 5.69. The number of nitrogens with zero attached hydrogens (tertiary/aromatic N) is 1. The highest BCUT2D eigenvalue weighted by Crippen LogP contribution is 2.43. The summed E-state index contributed by atoms with van der Waals surface area (Å²) in [6.07, 6.45) is 3.34. The molecule has 94 valence electrons. The monoisotopic (exact) mass is 280 g/mol. The van der Waals surface area contributed by atoms with Gasteiger partial charge in [0.2, 0.25) is 0 Å². The third-order valence-electron chi connectivity index (χ3n) is 3.19. The Morgan fingerprint density at radius 2 is 2.56 bits per heavy atom. The number of hydrogen-bond acceptors (Lipinski definition) is 5. The van der Waals surface area contributed by atoms with Gasteiger partial charge in [-0.25, -0.2) is 4.98 Å². The Morgan fingerprint density at radius 3 is 3.33 bits per heavy atom. The van der Waals surface area contributed by atoms with Gasteiger partial charge in [0.1, 0.15) is 9.47 Å². The van der Waals surface area contributed by atoms with Gasteiger partial charge in [-0.1, -0.05) is 12.2 Å². The number of rotatable bonds is 2. The summed E-state index contributed by atoms with van der Waals surface area (Å²) in [4.78, 5) is 21.3. The van der Waals surface area contributed by atoms with Crippen molar-refractivity contribution >= 4 is 39.7 Å². The van der Waals surface area contributed by atoms with Gasteiger partial charge >= 0.3 is 5.97 Å². The molecule has 0 spiro atoms. The SMILES string of the molecule is CCOC(=O)[C@H]1CCc2sc3nc[nH]c(=S)c3c21. The number of fused-ring (bicyclic) bond motifs is 3. The first-order valence-electron chi connectivity index (χ1n) is 5.88. The van der Waals surface area contributed by atoms with Crippen LogP contribution >= 0.6 is 23.6 Å². The van der Waals surface area contributed by atoms with Gasteiger partial charge in [0.25, 0.3) is 0 Å². The number of hydrogen-bond donors (Lipinski definition) is 1. The van der Waals surface area contributed by atoms with Gasteiger partial charge in [0.15, 0.2) is 0 Å². The van der Waals surface area contributed by atoms with Gasteiger partial charge in [0, 0.05) is 4.88 Å². The minimum Gasteiger partial charge on any atom is -0.466 e. The summed E-state index contributed by atoms with van der Waals surface area (Å²) in [6, 6.07) is 0. The van der Waals surface area contributed by atoms with E-state index in [4.69, 9.17) is 17.0 Å². The molecule has 1 aliphatic rings. The van der Waals surface area contributed by atoms with Crippen molar-refractivity contribution in [1.29, 1.82) is 0 Å². The second-order valence-electron chi connectivity index (χ2n) is 4.19. The molecule has 1 atom stereocenters. The van der Waals surface area contributed by atoms with Crippen molar-refractivity contribution in [2.45, 2.75) is 25.7 Å². The lowest BCUT2D eigenvalue weighted by atomic mass is 10.0. The standard InChI is InChI=1S/C12H12N2O2S2/c1-2-16-12(15)6-3-4-7-8(6)9-10(17)13-5-14-11(9)18-7/h5-6H,2-4H2,1H3,(H,13,14,17)/t6-/m0/s1. The fourth-order valence-corrected chi connectivity index (χ4v) is 4.01. The number of aryl methyl sites for hydroxylation is 1. The van der Waals surface area contributed by atoms with Crippen LogP contribution in [-0.4, -0.2) is 22.5 Å². The van der Waals surface area contributed by atoms with E-state index in [0.29, 0.717) is 11.2 Å². The second kappa shape index (κ2) is 4.44. The molecule has 4 nitrogen and oxygen atoms in total. The van der Waals surface area contributed by atoms with Crippen molar-refractivity contribution < 1.29 is 9.53 Å². The van der Waals surface area contributed by atoms with Gasteiger partial charge in [-0.15, -0.1) is 11.3 Å². The Bertz CT molecular complexity index is 674. The minimum atomic E-state index is -0.173. The van der Waals surface area contributed by atoms with Crippen LogP contribution in [0.5, 0.6) is 0 Å². The number of aromatic amines is 1. The number of carbonyl (C=O) groups is 1. The fourth-order valence-electron chi connectivity index (χ4n) is 2.46. The van der Waals surface area contributed by atoms with Gasteiger partial charge in [0.05, 0.1) is 24.2 Å². The van der Waals surface area contributed by atoms with Crippen LogP contribution in [0.2, 0.25) is 0 Å². The molecule has 0 saturated carbocycles. The first-order chi connectivity index (χ1) is 8.72. The molecule has 18 heavy (non-hydrogen) atoms. The largest absolute Gasteiger partial charge is 0.466 e. The van der Waals surface area contributed by atoms with Crippen LogP contribution in [0.25, 0.3) is 10.2 Å². The number of esters is 1. The van der Waals surface area contributed by atoms with E-state index in [2.05, 4.69) is 9.97 Å². The summed E-state index contributed by atoms with van der Waals surface area (Å²) in [6.45, 7) is 2.24. The third kappa shape index (κ3) is 1.67. The van der Waals surface area contributed by atoms with Crippen molar-refractivity contribution in [2.75, 3.05) is 6.61 Å². The van der Waals surface area contributed by atoms with E-state index in [1.807, 2.05) is 6.92 Å². The Kier molecular flexibility index (Phi) is 2.91. The van der Waals surface area contributed by atoms with E-state index >= 15 is 0 Å².